The van der Waals surface area contributed by atoms with E-state index < -0.39 is 0 Å². The normalized spacial score (nSPS) is 11.8. The molecule has 0 atom stereocenters. The van der Waals surface area contributed by atoms with Gasteiger partial charge in [-0.1, -0.05) is 182 Å². The summed E-state index contributed by atoms with van der Waals surface area (Å²) in [6, 6.07) is 120. The van der Waals surface area contributed by atoms with Crippen LogP contribution in [0, 0.1) is 0 Å². The first-order valence-corrected chi connectivity index (χ1v) is 32.8. The number of benzene rings is 13. The first kappa shape index (κ1) is 54.8. The van der Waals surface area contributed by atoms with Crippen LogP contribution in [0.5, 0.6) is 0 Å². The Morgan fingerprint density at radius 1 is 0.125 bits per heavy atom. The molecule has 13 aromatic carbocycles. The van der Waals surface area contributed by atoms with Crippen molar-refractivity contribution in [3.8, 4) is 101 Å². The van der Waals surface area contributed by atoms with Gasteiger partial charge in [0.2, 0.25) is 0 Å². The molecule has 0 fully saturated rings. The Kier molecular flexibility index (Phi) is 12.8. The fourth-order valence-electron chi connectivity index (χ4n) is 14.7. The molecule has 0 saturated heterocycles. The van der Waals surface area contributed by atoms with Crippen LogP contribution in [0.2, 0.25) is 0 Å². The van der Waals surface area contributed by atoms with Crippen LogP contribution in [0.3, 0.4) is 0 Å². The van der Waals surface area contributed by atoms with Crippen molar-refractivity contribution >= 4 is 65.4 Å². The molecule has 19 rings (SSSR count). The zero-order chi connectivity index (χ0) is 63.2. The third-order valence-corrected chi connectivity index (χ3v) is 19.6. The quantitative estimate of drug-likeness (QED) is 0.117. The smallest absolute Gasteiger partial charge is 0.0528 e. The summed E-state index contributed by atoms with van der Waals surface area (Å²) in [5.41, 5.74) is 27.3. The monoisotopic (exact) mass is 1220 g/mol. The molecule has 6 nitrogen and oxygen atoms in total. The maximum Gasteiger partial charge on any atom is 0.0528 e. The van der Waals surface area contributed by atoms with E-state index in [4.69, 9.17) is 0 Å². The minimum atomic E-state index is 1.11. The van der Waals surface area contributed by atoms with Crippen LogP contribution in [0.25, 0.3) is 166 Å². The van der Waals surface area contributed by atoms with Crippen LogP contribution < -0.4 is 0 Å². The van der Waals surface area contributed by atoms with Crippen LogP contribution in [0.15, 0.2) is 365 Å². The van der Waals surface area contributed by atoms with Gasteiger partial charge in [-0.15, -0.1) is 0 Å². The number of rotatable bonds is 12. The molecular weight excluding hydrogens is 1170 g/mol. The van der Waals surface area contributed by atoms with Gasteiger partial charge in [-0.05, 0) is 245 Å². The van der Waals surface area contributed by atoms with Crippen molar-refractivity contribution in [2.24, 2.45) is 0 Å². The highest BCUT2D eigenvalue weighted by molar-refractivity contribution is 5.91. The average molecular weight is 1230 g/mol. The Labute approximate surface area is 555 Å². The minimum absolute atomic E-state index is 1.11. The van der Waals surface area contributed by atoms with E-state index >= 15 is 0 Å². The Hall–Kier alpha value is -12.9. The first-order chi connectivity index (χ1) is 47.5. The third kappa shape index (κ3) is 9.58. The van der Waals surface area contributed by atoms with E-state index in [-0.39, 0.29) is 0 Å². The molecule has 19 aromatic rings. The Morgan fingerprint density at radius 3 is 0.458 bits per heavy atom. The van der Waals surface area contributed by atoms with Gasteiger partial charge in [0.25, 0.3) is 0 Å². The van der Waals surface area contributed by atoms with Crippen molar-refractivity contribution < 1.29 is 0 Å². The molecule has 0 amide bonds. The Balaban J connectivity index is 0.726. The predicted molar refractivity (Wildman–Crippen MR) is 400 cm³/mol. The number of hydrogen-bond acceptors (Lipinski definition) is 0. The highest BCUT2D eigenvalue weighted by Crippen LogP contribution is 2.40. The molecule has 0 spiro atoms. The van der Waals surface area contributed by atoms with Crippen molar-refractivity contribution in [3.05, 3.63) is 365 Å². The van der Waals surface area contributed by atoms with Gasteiger partial charge in [0.05, 0.1) is 33.1 Å². The van der Waals surface area contributed by atoms with Gasteiger partial charge in [0, 0.05) is 71.3 Å². The van der Waals surface area contributed by atoms with E-state index in [1.54, 1.807) is 0 Å². The summed E-state index contributed by atoms with van der Waals surface area (Å²) in [7, 11) is 0. The van der Waals surface area contributed by atoms with Gasteiger partial charge in [-0.2, -0.15) is 0 Å². The number of aromatic nitrogens is 6. The summed E-state index contributed by atoms with van der Waals surface area (Å²) >= 11 is 0. The molecule has 0 N–H and O–H groups in total. The van der Waals surface area contributed by atoms with E-state index in [9.17, 15) is 0 Å². The molecule has 96 heavy (non-hydrogen) atoms. The molecule has 0 bridgehead atoms. The third-order valence-electron chi connectivity index (χ3n) is 19.6. The van der Waals surface area contributed by atoms with Gasteiger partial charge in [-0.25, -0.2) is 0 Å². The molecule has 6 aromatic heterocycles. The van der Waals surface area contributed by atoms with Crippen molar-refractivity contribution in [3.63, 3.8) is 0 Å². The van der Waals surface area contributed by atoms with Gasteiger partial charge >= 0.3 is 0 Å². The molecule has 0 aliphatic carbocycles. The van der Waals surface area contributed by atoms with Crippen molar-refractivity contribution in [1.29, 1.82) is 0 Å². The summed E-state index contributed by atoms with van der Waals surface area (Å²) in [6.45, 7) is 0. The van der Waals surface area contributed by atoms with E-state index in [0.717, 1.165) is 101 Å². The molecule has 0 radical (unpaired) electrons. The zero-order valence-electron chi connectivity index (χ0n) is 52.3. The number of nitrogens with zero attached hydrogens (tertiary/aromatic N) is 6. The second-order valence-electron chi connectivity index (χ2n) is 25.2. The molecular formula is C90H60N6. The van der Waals surface area contributed by atoms with Crippen LogP contribution in [0.1, 0.15) is 0 Å². The number of fused-ring (bicyclic) bond motifs is 6. The summed E-state index contributed by atoms with van der Waals surface area (Å²) in [4.78, 5) is 0. The summed E-state index contributed by atoms with van der Waals surface area (Å²) in [6.07, 6.45) is 13.1. The average Bonchev–Trinajstić information content (AvgIpc) is 1.49. The second-order valence-corrected chi connectivity index (χ2v) is 25.2. The van der Waals surface area contributed by atoms with E-state index in [1.165, 1.54) is 65.4 Å². The summed E-state index contributed by atoms with van der Waals surface area (Å²) in [5, 5.41) is 7.25. The van der Waals surface area contributed by atoms with Gasteiger partial charge in [0.15, 0.2) is 0 Å². The summed E-state index contributed by atoms with van der Waals surface area (Å²) in [5.74, 6) is 0. The first-order valence-electron chi connectivity index (χ1n) is 32.8. The molecule has 450 valence electrons. The van der Waals surface area contributed by atoms with E-state index in [1.807, 2.05) is 0 Å². The zero-order valence-corrected chi connectivity index (χ0v) is 52.3. The SMILES string of the molecule is c1ccc2c(c1)ccn2-c1cc(-c2ccc(-c3cc(-c4ccc(-c5cc(-n6ccc7ccccc76)cc(-n6ccc7ccccc76)c5)cc4)cc(-c4ccc(-c5cc(-n6ccc7ccccc76)cc(-n6ccc7ccccc76)c5)cc4)c3)cc2)cc(-n2ccc3ccccc32)c1. The van der Waals surface area contributed by atoms with Crippen LogP contribution in [-0.4, -0.2) is 27.4 Å². The Morgan fingerprint density at radius 2 is 0.281 bits per heavy atom. The van der Waals surface area contributed by atoms with Gasteiger partial charge in [0.1, 0.15) is 0 Å². The van der Waals surface area contributed by atoms with E-state index in [2.05, 4.69) is 392 Å². The lowest BCUT2D eigenvalue weighted by Crippen LogP contribution is -1.98. The topological polar surface area (TPSA) is 29.6 Å². The fourth-order valence-corrected chi connectivity index (χ4v) is 14.7. The predicted octanol–water partition coefficient (Wildman–Crippen LogP) is 23.4. The van der Waals surface area contributed by atoms with Crippen LogP contribution in [0.4, 0.5) is 0 Å². The van der Waals surface area contributed by atoms with Gasteiger partial charge in [-0.3, -0.25) is 0 Å². The van der Waals surface area contributed by atoms with Gasteiger partial charge < -0.3 is 27.4 Å². The standard InChI is InChI=1S/C90H60N6/c1-7-19-85-67(13-1)37-43-91(85)79-52-76(53-80(58-79)92-44-38-68-14-2-8-20-86(68)92)64-31-25-61(26-32-64)73-49-74(62-27-33-65(34-28-62)77-54-81(93-45-39-69-15-3-9-21-87(69)93)59-82(55-77)94-46-40-70-16-4-10-22-88(70)94)51-75(50-73)63-29-35-66(36-30-63)78-56-83(95-47-41-71-17-5-11-23-89(71)95)60-84(57-78)96-48-42-72-18-6-12-24-90(72)96/h1-60H. The summed E-state index contributed by atoms with van der Waals surface area (Å²) < 4.78 is 13.9. The maximum atomic E-state index is 2.37. The lowest BCUT2D eigenvalue weighted by atomic mass is 9.91. The van der Waals surface area contributed by atoms with Crippen LogP contribution in [-0.2, 0) is 0 Å². The highest BCUT2D eigenvalue weighted by Gasteiger charge is 2.18. The Bertz CT molecular complexity index is 5300. The van der Waals surface area contributed by atoms with Crippen molar-refractivity contribution in [2.75, 3.05) is 0 Å². The second kappa shape index (κ2) is 22.4. The maximum absolute atomic E-state index is 2.37. The molecule has 0 unspecified atom stereocenters. The molecule has 0 aliphatic heterocycles. The molecule has 0 saturated carbocycles. The molecule has 6 heterocycles. The number of hydrogen-bond donors (Lipinski definition) is 0. The largest absolute Gasteiger partial charge is 0.316 e. The lowest BCUT2D eigenvalue weighted by Gasteiger charge is -2.16. The van der Waals surface area contributed by atoms with E-state index in [0.29, 0.717) is 0 Å². The molecule has 6 heteroatoms. The number of para-hydroxylation sites is 6. The van der Waals surface area contributed by atoms with Crippen LogP contribution >= 0.6 is 0 Å². The minimum Gasteiger partial charge on any atom is -0.316 e. The van der Waals surface area contributed by atoms with Crippen molar-refractivity contribution in [1.82, 2.24) is 27.4 Å². The highest BCUT2D eigenvalue weighted by atomic mass is 15.0. The van der Waals surface area contributed by atoms with Crippen molar-refractivity contribution in [2.45, 2.75) is 0 Å². The lowest BCUT2D eigenvalue weighted by molar-refractivity contribution is 1.09. The molecule has 0 aliphatic rings. The fraction of sp³-hybridized carbons (Fsp3) is 0.